The normalized spacial score (nSPS) is 11.1. The summed E-state index contributed by atoms with van der Waals surface area (Å²) in [4.78, 5) is 11.8. The molecule has 0 fully saturated rings. The Morgan fingerprint density at radius 1 is 0.488 bits per heavy atom. The molecule has 0 saturated carbocycles. The van der Waals surface area contributed by atoms with E-state index in [4.69, 9.17) is 18.9 Å². The van der Waals surface area contributed by atoms with Gasteiger partial charge in [0.1, 0.15) is 0 Å². The van der Waals surface area contributed by atoms with Crippen molar-refractivity contribution in [2.24, 2.45) is 0 Å². The lowest BCUT2D eigenvalue weighted by Crippen LogP contribution is -2.12. The first kappa shape index (κ1) is 38.7. The van der Waals surface area contributed by atoms with E-state index in [1.165, 1.54) is 51.4 Å². The van der Waals surface area contributed by atoms with E-state index in [1.54, 1.807) is 0 Å². The zero-order valence-electron chi connectivity index (χ0n) is 28.1. The molecule has 2 N–H and O–H groups in total. The Hall–Kier alpha value is -2.31. The van der Waals surface area contributed by atoms with Gasteiger partial charge in [-0.2, -0.15) is 0 Å². The summed E-state index contributed by atoms with van der Waals surface area (Å²) in [5, 5.41) is 21.1. The number of aromatic hydroxyl groups is 1. The summed E-state index contributed by atoms with van der Waals surface area (Å²) >= 11 is 0. The van der Waals surface area contributed by atoms with E-state index < -0.39 is 6.16 Å². The zero-order valence-corrected chi connectivity index (χ0v) is 28.1. The van der Waals surface area contributed by atoms with Gasteiger partial charge in [0.2, 0.25) is 17.2 Å². The van der Waals surface area contributed by atoms with Gasteiger partial charge in [-0.3, -0.25) is 0 Å². The number of phenols is 1. The van der Waals surface area contributed by atoms with E-state index in [2.05, 4.69) is 27.7 Å². The molecule has 43 heavy (non-hydrogen) atoms. The third kappa shape index (κ3) is 16.9. The van der Waals surface area contributed by atoms with Crippen LogP contribution in [0.1, 0.15) is 168 Å². The van der Waals surface area contributed by atoms with Crippen molar-refractivity contribution in [3.63, 3.8) is 0 Å². The molecule has 0 spiro atoms. The average Bonchev–Trinajstić information content (AvgIpc) is 2.99. The highest BCUT2D eigenvalue weighted by Gasteiger charge is 2.30. The standard InChI is InChI=1S/C36H64O7/c1-5-9-13-17-18-22-26-30-32(43-36(38)39)31(37)34(41-28-24-20-15-11-7-3)35(42-29-25-21-16-12-8-4)33(30)40-27-23-19-14-10-6-2/h37H,5-29H2,1-4H3,(H,38,39). The number of unbranched alkanes of at least 4 members (excludes halogenated alkanes) is 17. The fourth-order valence-corrected chi connectivity index (χ4v) is 5.26. The summed E-state index contributed by atoms with van der Waals surface area (Å²) in [6, 6.07) is 0. The predicted octanol–water partition coefficient (Wildman–Crippen LogP) is 11.4. The highest BCUT2D eigenvalue weighted by atomic mass is 16.7. The number of carboxylic acid groups (broad SMARTS) is 1. The summed E-state index contributed by atoms with van der Waals surface area (Å²) in [5.74, 6) is 0.584. The second kappa shape index (κ2) is 26.1. The second-order valence-corrected chi connectivity index (χ2v) is 11.8. The van der Waals surface area contributed by atoms with Crippen LogP contribution in [0.5, 0.6) is 28.7 Å². The molecule has 0 heterocycles. The van der Waals surface area contributed by atoms with Crippen molar-refractivity contribution in [2.75, 3.05) is 19.8 Å². The lowest BCUT2D eigenvalue weighted by atomic mass is 10.0. The predicted molar refractivity (Wildman–Crippen MR) is 177 cm³/mol. The van der Waals surface area contributed by atoms with Crippen molar-refractivity contribution in [3.8, 4) is 28.7 Å². The maximum absolute atomic E-state index is 11.8. The Morgan fingerprint density at radius 2 is 0.860 bits per heavy atom. The van der Waals surface area contributed by atoms with Crippen molar-refractivity contribution in [3.05, 3.63) is 5.56 Å². The Morgan fingerprint density at radius 3 is 1.30 bits per heavy atom. The number of hydrogen-bond acceptors (Lipinski definition) is 6. The van der Waals surface area contributed by atoms with Gasteiger partial charge in [0.15, 0.2) is 11.5 Å². The molecule has 1 rings (SSSR count). The van der Waals surface area contributed by atoms with Crippen LogP contribution in [0.4, 0.5) is 4.79 Å². The Kier molecular flexibility index (Phi) is 23.5. The van der Waals surface area contributed by atoms with Crippen LogP contribution in [0.2, 0.25) is 0 Å². The average molecular weight is 609 g/mol. The molecule has 0 unspecified atom stereocenters. The number of carbonyl (C=O) groups is 1. The molecule has 1 aromatic carbocycles. The first-order valence-electron chi connectivity index (χ1n) is 17.7. The topological polar surface area (TPSA) is 94.5 Å². The molecule has 250 valence electrons. The van der Waals surface area contributed by atoms with Crippen LogP contribution < -0.4 is 18.9 Å². The van der Waals surface area contributed by atoms with Gasteiger partial charge in [0, 0.05) is 5.56 Å². The van der Waals surface area contributed by atoms with Gasteiger partial charge >= 0.3 is 6.16 Å². The lowest BCUT2D eigenvalue weighted by Gasteiger charge is -2.23. The van der Waals surface area contributed by atoms with Crippen LogP contribution in [0.15, 0.2) is 0 Å². The molecule has 0 aromatic heterocycles. The minimum atomic E-state index is -1.47. The summed E-state index contributed by atoms with van der Waals surface area (Å²) in [5.41, 5.74) is 0.556. The number of phenolic OH excluding ortho intramolecular Hbond substituents is 1. The molecule has 0 aliphatic rings. The maximum Gasteiger partial charge on any atom is 0.511 e. The molecule has 1 aromatic rings. The van der Waals surface area contributed by atoms with Gasteiger partial charge in [-0.25, -0.2) is 4.79 Å². The molecule has 0 aliphatic heterocycles. The molecule has 7 heteroatoms. The van der Waals surface area contributed by atoms with E-state index in [-0.39, 0.29) is 17.2 Å². The van der Waals surface area contributed by atoms with E-state index >= 15 is 0 Å². The van der Waals surface area contributed by atoms with Gasteiger partial charge in [0.05, 0.1) is 19.8 Å². The Labute approximate surface area is 263 Å². The van der Waals surface area contributed by atoms with Crippen LogP contribution in [-0.4, -0.2) is 36.2 Å². The molecule has 7 nitrogen and oxygen atoms in total. The molecule has 0 amide bonds. The van der Waals surface area contributed by atoms with Crippen molar-refractivity contribution in [2.45, 2.75) is 169 Å². The first-order chi connectivity index (χ1) is 21.0. The minimum absolute atomic E-state index is 0.0849. The summed E-state index contributed by atoms with van der Waals surface area (Å²) in [7, 11) is 0. The molecule has 0 atom stereocenters. The molecular weight excluding hydrogens is 544 g/mol. The molecular formula is C36H64O7. The fraction of sp³-hybridized carbons (Fsp3) is 0.806. The number of rotatable bonds is 29. The van der Waals surface area contributed by atoms with Crippen LogP contribution >= 0.6 is 0 Å². The van der Waals surface area contributed by atoms with Crippen molar-refractivity contribution in [1.82, 2.24) is 0 Å². The van der Waals surface area contributed by atoms with Gasteiger partial charge in [-0.05, 0) is 32.1 Å². The third-order valence-electron chi connectivity index (χ3n) is 7.84. The van der Waals surface area contributed by atoms with E-state index in [0.29, 0.717) is 43.3 Å². The van der Waals surface area contributed by atoms with Gasteiger partial charge < -0.3 is 29.2 Å². The zero-order chi connectivity index (χ0) is 31.5. The highest BCUT2D eigenvalue weighted by molar-refractivity contribution is 5.73. The highest BCUT2D eigenvalue weighted by Crippen LogP contribution is 2.54. The van der Waals surface area contributed by atoms with Crippen molar-refractivity contribution in [1.29, 1.82) is 0 Å². The van der Waals surface area contributed by atoms with Crippen LogP contribution in [0.25, 0.3) is 0 Å². The van der Waals surface area contributed by atoms with Gasteiger partial charge in [0.25, 0.3) is 0 Å². The third-order valence-corrected chi connectivity index (χ3v) is 7.84. The smallest absolute Gasteiger partial charge is 0.502 e. The van der Waals surface area contributed by atoms with Gasteiger partial charge in [-0.15, -0.1) is 0 Å². The van der Waals surface area contributed by atoms with Crippen molar-refractivity contribution >= 4 is 6.16 Å². The first-order valence-corrected chi connectivity index (χ1v) is 17.7. The van der Waals surface area contributed by atoms with E-state index in [9.17, 15) is 15.0 Å². The maximum atomic E-state index is 11.8. The molecule has 0 aliphatic carbocycles. The van der Waals surface area contributed by atoms with Gasteiger partial charge in [-0.1, -0.05) is 137 Å². The van der Waals surface area contributed by atoms with Crippen molar-refractivity contribution < 1.29 is 34.0 Å². The van der Waals surface area contributed by atoms with Crippen LogP contribution in [0, 0.1) is 0 Å². The fourth-order valence-electron chi connectivity index (χ4n) is 5.26. The monoisotopic (exact) mass is 608 g/mol. The van der Waals surface area contributed by atoms with Crippen LogP contribution in [0.3, 0.4) is 0 Å². The SMILES string of the molecule is CCCCCCCCc1c(OC(=O)O)c(O)c(OCCCCCCC)c(OCCCCCCC)c1OCCCCCCC. The summed E-state index contributed by atoms with van der Waals surface area (Å²) in [6.07, 6.45) is 21.8. The largest absolute Gasteiger partial charge is 0.511 e. The Bertz CT molecular complexity index is 840. The lowest BCUT2D eigenvalue weighted by molar-refractivity contribution is 0.141. The number of hydrogen-bond donors (Lipinski definition) is 2. The molecule has 0 radical (unpaired) electrons. The number of benzene rings is 1. The molecule has 0 bridgehead atoms. The molecule has 0 saturated heterocycles. The number of ether oxygens (including phenoxy) is 4. The summed E-state index contributed by atoms with van der Waals surface area (Å²) < 4.78 is 24.2. The quantitative estimate of drug-likeness (QED) is 0.0530. The summed E-state index contributed by atoms with van der Waals surface area (Å²) in [6.45, 7) is 10.1. The van der Waals surface area contributed by atoms with Crippen LogP contribution in [-0.2, 0) is 6.42 Å². The minimum Gasteiger partial charge on any atom is -0.502 e. The Balaban J connectivity index is 3.39. The second-order valence-electron chi connectivity index (χ2n) is 11.8. The van der Waals surface area contributed by atoms with E-state index in [0.717, 1.165) is 83.5 Å². The van der Waals surface area contributed by atoms with E-state index in [1.807, 2.05) is 0 Å².